The first-order chi connectivity index (χ1) is 7.33. The third-order valence-corrected chi connectivity index (χ3v) is 4.58. The minimum absolute atomic E-state index is 0.226. The standard InChI is InChI=1S/C14H30N2/c1-6-14(7-2)8-9-16(11-14)10-12(15)13(3,4)5/h12H,6-11,15H2,1-5H3. The van der Waals surface area contributed by atoms with Crippen molar-refractivity contribution < 1.29 is 0 Å². The van der Waals surface area contributed by atoms with Gasteiger partial charge in [-0.25, -0.2) is 0 Å². The molecule has 2 N–H and O–H groups in total. The Morgan fingerprint density at radius 1 is 1.25 bits per heavy atom. The minimum Gasteiger partial charge on any atom is -0.326 e. The van der Waals surface area contributed by atoms with Crippen molar-refractivity contribution in [3.05, 3.63) is 0 Å². The van der Waals surface area contributed by atoms with Crippen LogP contribution in [0.1, 0.15) is 53.9 Å². The lowest BCUT2D eigenvalue weighted by Crippen LogP contribution is -2.45. The van der Waals surface area contributed by atoms with Crippen LogP contribution in [0.3, 0.4) is 0 Å². The van der Waals surface area contributed by atoms with Gasteiger partial charge in [-0.05, 0) is 36.6 Å². The molecule has 96 valence electrons. The van der Waals surface area contributed by atoms with Crippen molar-refractivity contribution in [3.63, 3.8) is 0 Å². The van der Waals surface area contributed by atoms with Crippen molar-refractivity contribution in [1.82, 2.24) is 4.90 Å². The SMILES string of the molecule is CCC1(CC)CCN(CC(N)C(C)(C)C)C1. The maximum absolute atomic E-state index is 6.26. The van der Waals surface area contributed by atoms with E-state index in [0.29, 0.717) is 5.41 Å². The summed E-state index contributed by atoms with van der Waals surface area (Å²) < 4.78 is 0. The maximum Gasteiger partial charge on any atom is 0.0217 e. The highest BCUT2D eigenvalue weighted by Crippen LogP contribution is 2.37. The maximum atomic E-state index is 6.26. The van der Waals surface area contributed by atoms with Crippen molar-refractivity contribution in [2.24, 2.45) is 16.6 Å². The topological polar surface area (TPSA) is 29.3 Å². The fourth-order valence-corrected chi connectivity index (χ4v) is 2.56. The Hall–Kier alpha value is -0.0800. The molecule has 0 radical (unpaired) electrons. The summed E-state index contributed by atoms with van der Waals surface area (Å²) >= 11 is 0. The van der Waals surface area contributed by atoms with Crippen LogP contribution in [0.2, 0.25) is 0 Å². The van der Waals surface area contributed by atoms with Crippen LogP contribution >= 0.6 is 0 Å². The first kappa shape index (κ1) is 14.0. The molecule has 1 aliphatic heterocycles. The summed E-state index contributed by atoms with van der Waals surface area (Å²) in [5.41, 5.74) is 7.07. The van der Waals surface area contributed by atoms with Gasteiger partial charge in [0.1, 0.15) is 0 Å². The normalized spacial score (nSPS) is 23.6. The first-order valence-electron chi connectivity index (χ1n) is 6.81. The Kier molecular flexibility index (Phi) is 4.42. The lowest BCUT2D eigenvalue weighted by molar-refractivity contribution is 0.196. The summed E-state index contributed by atoms with van der Waals surface area (Å²) in [5.74, 6) is 0. The zero-order valence-electron chi connectivity index (χ0n) is 11.8. The molecule has 2 heteroatoms. The Balaban J connectivity index is 2.48. The second kappa shape index (κ2) is 5.05. The zero-order valence-corrected chi connectivity index (χ0v) is 11.8. The average Bonchev–Trinajstić information content (AvgIpc) is 2.61. The van der Waals surface area contributed by atoms with E-state index >= 15 is 0 Å². The first-order valence-corrected chi connectivity index (χ1v) is 6.81. The van der Waals surface area contributed by atoms with E-state index in [-0.39, 0.29) is 11.5 Å². The molecule has 0 bridgehead atoms. The van der Waals surface area contributed by atoms with Gasteiger partial charge in [0, 0.05) is 19.1 Å². The van der Waals surface area contributed by atoms with E-state index < -0.39 is 0 Å². The van der Waals surface area contributed by atoms with Gasteiger partial charge in [0.25, 0.3) is 0 Å². The number of hydrogen-bond acceptors (Lipinski definition) is 2. The van der Waals surface area contributed by atoms with Crippen LogP contribution in [-0.4, -0.2) is 30.6 Å². The molecular formula is C14H30N2. The Morgan fingerprint density at radius 2 is 1.81 bits per heavy atom. The third-order valence-electron chi connectivity index (χ3n) is 4.58. The van der Waals surface area contributed by atoms with Crippen LogP contribution in [0.4, 0.5) is 0 Å². The molecule has 1 atom stereocenters. The van der Waals surface area contributed by atoms with Gasteiger partial charge < -0.3 is 10.6 Å². The highest BCUT2D eigenvalue weighted by molar-refractivity contribution is 4.90. The zero-order chi connectivity index (χ0) is 12.4. The van der Waals surface area contributed by atoms with Gasteiger partial charge >= 0.3 is 0 Å². The molecule has 2 nitrogen and oxygen atoms in total. The van der Waals surface area contributed by atoms with Crippen LogP contribution in [0.25, 0.3) is 0 Å². The second-order valence-electron chi connectivity index (χ2n) is 6.66. The molecule has 1 saturated heterocycles. The average molecular weight is 226 g/mol. The fraction of sp³-hybridized carbons (Fsp3) is 1.00. The van der Waals surface area contributed by atoms with Crippen LogP contribution in [-0.2, 0) is 0 Å². The second-order valence-corrected chi connectivity index (χ2v) is 6.66. The molecule has 0 aromatic carbocycles. The molecule has 1 rings (SSSR count). The molecule has 0 spiro atoms. The molecule has 1 fully saturated rings. The van der Waals surface area contributed by atoms with Crippen LogP contribution < -0.4 is 5.73 Å². The quantitative estimate of drug-likeness (QED) is 0.798. The molecule has 16 heavy (non-hydrogen) atoms. The van der Waals surface area contributed by atoms with Gasteiger partial charge in [-0.3, -0.25) is 0 Å². The molecular weight excluding hydrogens is 196 g/mol. The summed E-state index contributed by atoms with van der Waals surface area (Å²) in [7, 11) is 0. The van der Waals surface area contributed by atoms with Crippen LogP contribution in [0.5, 0.6) is 0 Å². The van der Waals surface area contributed by atoms with Crippen molar-refractivity contribution in [1.29, 1.82) is 0 Å². The summed E-state index contributed by atoms with van der Waals surface area (Å²) in [6.07, 6.45) is 3.98. The van der Waals surface area contributed by atoms with E-state index in [0.717, 1.165) is 6.54 Å². The van der Waals surface area contributed by atoms with Gasteiger partial charge in [0.05, 0.1) is 0 Å². The van der Waals surface area contributed by atoms with Gasteiger partial charge in [0.15, 0.2) is 0 Å². The lowest BCUT2D eigenvalue weighted by atomic mass is 9.82. The molecule has 0 aromatic rings. The number of nitrogens with zero attached hydrogens (tertiary/aromatic N) is 1. The van der Waals surface area contributed by atoms with Gasteiger partial charge in [-0.2, -0.15) is 0 Å². The predicted molar refractivity (Wildman–Crippen MR) is 71.5 cm³/mol. The van der Waals surface area contributed by atoms with E-state index in [1.165, 1.54) is 32.4 Å². The highest BCUT2D eigenvalue weighted by Gasteiger charge is 2.36. The fourth-order valence-electron chi connectivity index (χ4n) is 2.56. The predicted octanol–water partition coefficient (Wildman–Crippen LogP) is 2.87. The molecule has 0 amide bonds. The summed E-state index contributed by atoms with van der Waals surface area (Å²) in [4.78, 5) is 2.57. The van der Waals surface area contributed by atoms with E-state index in [1.54, 1.807) is 0 Å². The van der Waals surface area contributed by atoms with E-state index in [2.05, 4.69) is 39.5 Å². The lowest BCUT2D eigenvalue weighted by Gasteiger charge is -2.32. The van der Waals surface area contributed by atoms with E-state index in [9.17, 15) is 0 Å². The third kappa shape index (κ3) is 3.21. The van der Waals surface area contributed by atoms with Gasteiger partial charge in [-0.15, -0.1) is 0 Å². The highest BCUT2D eigenvalue weighted by atomic mass is 15.2. The van der Waals surface area contributed by atoms with E-state index in [4.69, 9.17) is 5.73 Å². The smallest absolute Gasteiger partial charge is 0.0217 e. The van der Waals surface area contributed by atoms with E-state index in [1.807, 2.05) is 0 Å². The number of nitrogens with two attached hydrogens (primary N) is 1. The van der Waals surface area contributed by atoms with Crippen LogP contribution in [0.15, 0.2) is 0 Å². The number of rotatable bonds is 4. The monoisotopic (exact) mass is 226 g/mol. The molecule has 0 aliphatic carbocycles. The summed E-state index contributed by atoms with van der Waals surface area (Å²) in [6.45, 7) is 14.9. The van der Waals surface area contributed by atoms with Crippen molar-refractivity contribution in [3.8, 4) is 0 Å². The molecule has 0 saturated carbocycles. The van der Waals surface area contributed by atoms with Crippen LogP contribution in [0, 0.1) is 10.8 Å². The van der Waals surface area contributed by atoms with Crippen molar-refractivity contribution in [2.45, 2.75) is 59.9 Å². The van der Waals surface area contributed by atoms with Crippen molar-refractivity contribution in [2.75, 3.05) is 19.6 Å². The van der Waals surface area contributed by atoms with Gasteiger partial charge in [0.2, 0.25) is 0 Å². The molecule has 1 aliphatic rings. The number of likely N-dealkylation sites (tertiary alicyclic amines) is 1. The summed E-state index contributed by atoms with van der Waals surface area (Å²) in [5, 5.41) is 0. The minimum atomic E-state index is 0.226. The number of hydrogen-bond donors (Lipinski definition) is 1. The largest absolute Gasteiger partial charge is 0.326 e. The molecule has 1 unspecified atom stereocenters. The van der Waals surface area contributed by atoms with Gasteiger partial charge in [-0.1, -0.05) is 34.6 Å². The molecule has 0 aromatic heterocycles. The van der Waals surface area contributed by atoms with Crippen molar-refractivity contribution >= 4 is 0 Å². The Bertz CT molecular complexity index is 213. The molecule has 1 heterocycles. The Labute approximate surface area is 102 Å². The Morgan fingerprint density at radius 3 is 2.19 bits per heavy atom. The summed E-state index contributed by atoms with van der Waals surface area (Å²) in [6, 6.07) is 0.289.